The number of methoxy groups -OCH3 is 1. The maximum Gasteiger partial charge on any atom is 0.416 e. The molecule has 1 aliphatic heterocycles. The highest BCUT2D eigenvalue weighted by Gasteiger charge is 2.39. The maximum atomic E-state index is 15.5. The third kappa shape index (κ3) is 4.97. The Hall–Kier alpha value is -4.06. The van der Waals surface area contributed by atoms with Crippen molar-refractivity contribution in [1.82, 2.24) is 4.57 Å². The van der Waals surface area contributed by atoms with Crippen LogP contribution in [-0.2, 0) is 12.6 Å². The van der Waals surface area contributed by atoms with Gasteiger partial charge in [0.25, 0.3) is 5.56 Å². The van der Waals surface area contributed by atoms with Gasteiger partial charge in [0.2, 0.25) is 0 Å². The molecule has 0 fully saturated rings. The van der Waals surface area contributed by atoms with Crippen molar-refractivity contribution in [2.45, 2.75) is 30.6 Å². The molecule has 0 aliphatic carbocycles. The van der Waals surface area contributed by atoms with Crippen molar-refractivity contribution in [3.05, 3.63) is 116 Å². The number of thioether (sulfide) groups is 1. The second kappa shape index (κ2) is 11.0. The predicted molar refractivity (Wildman–Crippen MR) is 142 cm³/mol. The largest absolute Gasteiger partial charge is 0.494 e. The van der Waals surface area contributed by atoms with Crippen molar-refractivity contribution in [1.29, 1.82) is 0 Å². The number of hydrogen-bond acceptors (Lipinski definition) is 4. The first-order chi connectivity index (χ1) is 19.8. The van der Waals surface area contributed by atoms with Gasteiger partial charge in [-0.1, -0.05) is 18.2 Å². The maximum absolute atomic E-state index is 15.5. The van der Waals surface area contributed by atoms with E-state index in [0.29, 0.717) is 6.07 Å². The van der Waals surface area contributed by atoms with E-state index in [0.717, 1.165) is 46.7 Å². The Bertz CT molecular complexity index is 1800. The third-order valence-electron chi connectivity index (χ3n) is 7.15. The van der Waals surface area contributed by atoms with Crippen LogP contribution in [0.15, 0.2) is 64.4 Å². The van der Waals surface area contributed by atoms with E-state index in [-0.39, 0.29) is 38.8 Å². The van der Waals surface area contributed by atoms with Gasteiger partial charge in [0, 0.05) is 23.3 Å². The van der Waals surface area contributed by atoms with Crippen LogP contribution in [0.25, 0.3) is 11.1 Å². The standard InChI is InChI=1S/C30H20F7NO3S/c1-14-17(12-18-20(30(35,36)37)6-4-7-21(18)32)29-38(28(40)25(14)16-5-3-8-24(41-2)26(16)34)23(13-42-29)27(39)19-11-15(31)9-10-22(19)33/h3-11,23H,12-13H2,1-2H3. The number of ketones is 1. The van der Waals surface area contributed by atoms with E-state index in [2.05, 4.69) is 0 Å². The summed E-state index contributed by atoms with van der Waals surface area (Å²) in [7, 11) is 1.20. The smallest absolute Gasteiger partial charge is 0.416 e. The van der Waals surface area contributed by atoms with Crippen LogP contribution >= 0.6 is 11.8 Å². The number of hydrogen-bond donors (Lipinski definition) is 0. The average Bonchev–Trinajstić information content (AvgIpc) is 3.38. The second-order valence-corrected chi connectivity index (χ2v) is 10.5. The van der Waals surface area contributed by atoms with Gasteiger partial charge in [0.1, 0.15) is 23.5 Å². The number of rotatable bonds is 6. The molecule has 4 nitrogen and oxygen atoms in total. The van der Waals surface area contributed by atoms with Crippen LogP contribution in [0.3, 0.4) is 0 Å². The lowest BCUT2D eigenvalue weighted by Crippen LogP contribution is -2.32. The summed E-state index contributed by atoms with van der Waals surface area (Å²) in [5.41, 5.74) is -3.92. The van der Waals surface area contributed by atoms with Gasteiger partial charge < -0.3 is 4.74 Å². The molecule has 3 aromatic carbocycles. The van der Waals surface area contributed by atoms with E-state index in [4.69, 9.17) is 4.74 Å². The fourth-order valence-electron chi connectivity index (χ4n) is 5.13. The molecule has 1 atom stereocenters. The lowest BCUT2D eigenvalue weighted by molar-refractivity contribution is -0.138. The van der Waals surface area contributed by atoms with Crippen LogP contribution in [0, 0.1) is 30.2 Å². The first kappa shape index (κ1) is 29.4. The molecule has 4 aromatic rings. The summed E-state index contributed by atoms with van der Waals surface area (Å²) in [6, 6.07) is 7.28. The highest BCUT2D eigenvalue weighted by atomic mass is 32.2. The number of nitrogens with zero attached hydrogens (tertiary/aromatic N) is 1. The predicted octanol–water partition coefficient (Wildman–Crippen LogP) is 7.53. The molecule has 1 aliphatic rings. The zero-order chi connectivity index (χ0) is 30.5. The Morgan fingerprint density at radius 3 is 2.40 bits per heavy atom. The average molecular weight is 608 g/mol. The highest BCUT2D eigenvalue weighted by Crippen LogP contribution is 2.43. The summed E-state index contributed by atoms with van der Waals surface area (Å²) < 4.78 is 107. The normalized spacial score (nSPS) is 14.6. The van der Waals surface area contributed by atoms with Gasteiger partial charge in [-0.05, 0) is 54.4 Å². The fourth-order valence-corrected chi connectivity index (χ4v) is 6.49. The number of carbonyl (C=O) groups excluding carboxylic acids is 1. The molecule has 1 unspecified atom stereocenters. The molecular formula is C30H20F7NO3S. The first-order valence-electron chi connectivity index (χ1n) is 12.4. The monoisotopic (exact) mass is 607 g/mol. The number of ether oxygens (including phenoxy) is 1. The van der Waals surface area contributed by atoms with Gasteiger partial charge in [0.15, 0.2) is 17.3 Å². The quantitative estimate of drug-likeness (QED) is 0.168. The zero-order valence-corrected chi connectivity index (χ0v) is 22.7. The molecule has 218 valence electrons. The molecule has 5 rings (SSSR count). The summed E-state index contributed by atoms with van der Waals surface area (Å²) in [6.45, 7) is 1.39. The number of Topliss-reactive ketones (excluding diaryl/α,β-unsaturated/α-hetero) is 1. The zero-order valence-electron chi connectivity index (χ0n) is 21.9. The molecule has 2 heterocycles. The van der Waals surface area contributed by atoms with Crippen LogP contribution in [0.4, 0.5) is 30.7 Å². The van der Waals surface area contributed by atoms with Crippen molar-refractivity contribution in [3.8, 4) is 16.9 Å². The topological polar surface area (TPSA) is 48.3 Å². The number of alkyl halides is 3. The Morgan fingerprint density at radius 1 is 1.00 bits per heavy atom. The van der Waals surface area contributed by atoms with Crippen LogP contribution in [0.1, 0.15) is 38.7 Å². The molecule has 42 heavy (non-hydrogen) atoms. The summed E-state index contributed by atoms with van der Waals surface area (Å²) in [5.74, 6) is -5.39. The van der Waals surface area contributed by atoms with E-state index in [1.54, 1.807) is 0 Å². The van der Waals surface area contributed by atoms with Crippen LogP contribution in [-0.4, -0.2) is 23.2 Å². The number of aromatic nitrogens is 1. The Balaban J connectivity index is 1.80. The summed E-state index contributed by atoms with van der Waals surface area (Å²) in [4.78, 5) is 27.5. The van der Waals surface area contributed by atoms with Crippen molar-refractivity contribution < 1.29 is 40.3 Å². The van der Waals surface area contributed by atoms with Gasteiger partial charge in [-0.25, -0.2) is 17.6 Å². The molecular weight excluding hydrogens is 587 g/mol. The van der Waals surface area contributed by atoms with Crippen LogP contribution in [0.2, 0.25) is 0 Å². The molecule has 0 bridgehead atoms. The van der Waals surface area contributed by atoms with Crippen molar-refractivity contribution in [2.75, 3.05) is 12.9 Å². The van der Waals surface area contributed by atoms with E-state index < -0.39 is 69.9 Å². The van der Waals surface area contributed by atoms with E-state index >= 15 is 4.39 Å². The number of benzene rings is 3. The first-order valence-corrected chi connectivity index (χ1v) is 13.4. The van der Waals surface area contributed by atoms with Crippen LogP contribution < -0.4 is 10.3 Å². The molecule has 0 saturated heterocycles. The lowest BCUT2D eigenvalue weighted by atomic mass is 9.92. The Kier molecular flexibility index (Phi) is 7.69. The van der Waals surface area contributed by atoms with Crippen molar-refractivity contribution in [3.63, 3.8) is 0 Å². The van der Waals surface area contributed by atoms with E-state index in [1.807, 2.05) is 0 Å². The van der Waals surface area contributed by atoms with Gasteiger partial charge in [-0.15, -0.1) is 11.8 Å². The Labute approximate surface area is 238 Å². The number of fused-ring (bicyclic) bond motifs is 1. The lowest BCUT2D eigenvalue weighted by Gasteiger charge is -2.22. The third-order valence-corrected chi connectivity index (χ3v) is 8.35. The summed E-state index contributed by atoms with van der Waals surface area (Å²) >= 11 is 0.922. The summed E-state index contributed by atoms with van der Waals surface area (Å²) in [5, 5.41) is 0.0380. The molecule has 12 heteroatoms. The van der Waals surface area contributed by atoms with Crippen LogP contribution in [0.5, 0.6) is 5.75 Å². The molecule has 0 N–H and O–H groups in total. The molecule has 0 spiro atoms. The highest BCUT2D eigenvalue weighted by molar-refractivity contribution is 7.99. The SMILES string of the molecule is COc1cccc(-c2c(C)c(Cc3c(F)cccc3C(F)(F)F)c3n(c2=O)C(C(=O)c2cc(F)ccc2F)CS3)c1F. The van der Waals surface area contributed by atoms with Gasteiger partial charge in [0.05, 0.1) is 28.8 Å². The number of carbonyl (C=O) groups is 1. The van der Waals surface area contributed by atoms with Crippen molar-refractivity contribution in [2.24, 2.45) is 0 Å². The van der Waals surface area contributed by atoms with Gasteiger partial charge in [-0.2, -0.15) is 13.2 Å². The minimum atomic E-state index is -4.91. The van der Waals surface area contributed by atoms with Crippen molar-refractivity contribution >= 4 is 17.5 Å². The van der Waals surface area contributed by atoms with Gasteiger partial charge in [-0.3, -0.25) is 14.2 Å². The fraction of sp³-hybridized carbons (Fsp3) is 0.200. The second-order valence-electron chi connectivity index (χ2n) is 9.54. The molecule has 0 amide bonds. The molecule has 0 radical (unpaired) electrons. The molecule has 0 saturated carbocycles. The number of pyridine rings is 1. The van der Waals surface area contributed by atoms with E-state index in [1.165, 1.54) is 32.2 Å². The van der Waals surface area contributed by atoms with E-state index in [9.17, 15) is 35.9 Å². The minimum Gasteiger partial charge on any atom is -0.494 e. The number of halogens is 7. The summed E-state index contributed by atoms with van der Waals surface area (Å²) in [6.07, 6.45) is -5.58. The molecule has 1 aromatic heterocycles. The minimum absolute atomic E-state index is 0.0380. The van der Waals surface area contributed by atoms with Gasteiger partial charge >= 0.3 is 6.18 Å². The Morgan fingerprint density at radius 2 is 1.71 bits per heavy atom.